The number of ether oxygens (including phenoxy) is 3. The molecule has 0 aromatic heterocycles. The Balaban J connectivity index is 1.17. The summed E-state index contributed by atoms with van der Waals surface area (Å²) in [5, 5.41) is 4.07. The first kappa shape index (κ1) is 34.1. The standard InChI is InChI=1S/C34H41N2O7PS/c1-3-43-44(37,32-13-8-5-9-14-32)27-42-30-17-15-28(16-18-30)21-23-35-22-10-24-40-31-19-20-34(33(25-31)36-45(2,38)39)41-26-29-11-6-4-7-12-29/h4-9,11-20,25,35-36H,3,10,21-24,26-27H2,1-2H3. The van der Waals surface area contributed by atoms with E-state index >= 15 is 0 Å². The molecule has 0 fully saturated rings. The quantitative estimate of drug-likeness (QED) is 0.0908. The minimum atomic E-state index is -3.50. The Morgan fingerprint density at radius 3 is 2.13 bits per heavy atom. The minimum absolute atomic E-state index is 0.0183. The van der Waals surface area contributed by atoms with Crippen molar-refractivity contribution in [3.05, 3.63) is 114 Å². The van der Waals surface area contributed by atoms with Gasteiger partial charge in [-0.1, -0.05) is 60.7 Å². The summed E-state index contributed by atoms with van der Waals surface area (Å²) in [5.41, 5.74) is 2.47. The van der Waals surface area contributed by atoms with E-state index in [4.69, 9.17) is 18.7 Å². The number of hydrogen-bond acceptors (Lipinski definition) is 8. The Labute approximate surface area is 266 Å². The molecule has 0 heterocycles. The highest BCUT2D eigenvalue weighted by Gasteiger charge is 2.26. The molecule has 0 spiro atoms. The van der Waals surface area contributed by atoms with Gasteiger partial charge in [0.15, 0.2) is 6.35 Å². The number of sulfonamides is 1. The van der Waals surface area contributed by atoms with Gasteiger partial charge in [0.05, 0.1) is 25.2 Å². The van der Waals surface area contributed by atoms with Gasteiger partial charge in [-0.05, 0) is 80.4 Å². The van der Waals surface area contributed by atoms with Gasteiger partial charge in [-0.3, -0.25) is 9.29 Å². The Kier molecular flexibility index (Phi) is 12.9. The van der Waals surface area contributed by atoms with Crippen LogP contribution in [0, 0.1) is 0 Å². The highest BCUT2D eigenvalue weighted by atomic mass is 32.2. The van der Waals surface area contributed by atoms with Crippen LogP contribution < -0.4 is 29.6 Å². The van der Waals surface area contributed by atoms with Crippen molar-refractivity contribution < 1.29 is 31.7 Å². The Hall–Kier alpha value is -3.82. The molecule has 4 aromatic rings. The molecule has 2 N–H and O–H groups in total. The van der Waals surface area contributed by atoms with E-state index in [2.05, 4.69) is 10.0 Å². The van der Waals surface area contributed by atoms with Crippen molar-refractivity contribution in [2.45, 2.75) is 26.4 Å². The summed E-state index contributed by atoms with van der Waals surface area (Å²) in [5.74, 6) is 1.62. The fourth-order valence-electron chi connectivity index (χ4n) is 4.45. The maximum absolute atomic E-state index is 13.3. The second-order valence-corrected chi connectivity index (χ2v) is 14.5. The van der Waals surface area contributed by atoms with Gasteiger partial charge in [0.1, 0.15) is 23.9 Å². The van der Waals surface area contributed by atoms with Gasteiger partial charge in [-0.2, -0.15) is 0 Å². The maximum Gasteiger partial charge on any atom is 0.268 e. The summed E-state index contributed by atoms with van der Waals surface area (Å²) in [4.78, 5) is 0. The molecule has 0 aliphatic carbocycles. The fourth-order valence-corrected chi connectivity index (χ4v) is 6.74. The number of hydrogen-bond donors (Lipinski definition) is 2. The molecule has 0 bridgehead atoms. The second-order valence-electron chi connectivity index (χ2n) is 10.4. The average Bonchev–Trinajstić information content (AvgIpc) is 3.04. The summed E-state index contributed by atoms with van der Waals surface area (Å²) < 4.78 is 62.9. The number of anilines is 1. The van der Waals surface area contributed by atoms with Crippen LogP contribution in [-0.4, -0.2) is 47.3 Å². The van der Waals surface area contributed by atoms with Crippen LogP contribution in [0.3, 0.4) is 0 Å². The predicted molar refractivity (Wildman–Crippen MR) is 180 cm³/mol. The van der Waals surface area contributed by atoms with Crippen LogP contribution in [0.25, 0.3) is 0 Å². The van der Waals surface area contributed by atoms with Gasteiger partial charge in [0, 0.05) is 11.4 Å². The molecule has 11 heteroatoms. The molecule has 0 radical (unpaired) electrons. The molecule has 240 valence electrons. The van der Waals surface area contributed by atoms with Gasteiger partial charge in [-0.25, -0.2) is 8.42 Å². The maximum atomic E-state index is 13.3. The lowest BCUT2D eigenvalue weighted by Gasteiger charge is -2.18. The SMILES string of the molecule is CCOP(=O)(COc1ccc(CCNCCCOc2ccc(OCc3ccccc3)c(NS(C)(=O)=O)c2)cc1)c1ccccc1. The van der Waals surface area contributed by atoms with Gasteiger partial charge in [-0.15, -0.1) is 0 Å². The van der Waals surface area contributed by atoms with Crippen LogP contribution in [-0.2, 0) is 32.1 Å². The normalized spacial score (nSPS) is 12.7. The third kappa shape index (κ3) is 11.6. The van der Waals surface area contributed by atoms with Crippen molar-refractivity contribution in [3.8, 4) is 17.2 Å². The lowest BCUT2D eigenvalue weighted by molar-refractivity contribution is 0.300. The molecular weight excluding hydrogens is 611 g/mol. The molecule has 0 aliphatic heterocycles. The molecule has 0 amide bonds. The first-order valence-corrected chi connectivity index (χ1v) is 18.6. The molecule has 1 unspecified atom stereocenters. The summed E-state index contributed by atoms with van der Waals surface area (Å²) in [6.45, 7) is 4.51. The molecule has 0 aliphatic rings. The van der Waals surface area contributed by atoms with Crippen molar-refractivity contribution >= 4 is 28.4 Å². The Bertz CT molecular complexity index is 1620. The number of nitrogens with one attached hydrogen (secondary N) is 2. The number of rotatable bonds is 19. The lowest BCUT2D eigenvalue weighted by Crippen LogP contribution is -2.20. The Morgan fingerprint density at radius 1 is 0.756 bits per heavy atom. The fraction of sp³-hybridized carbons (Fsp3) is 0.294. The second kappa shape index (κ2) is 17.0. The number of benzene rings is 4. The van der Waals surface area contributed by atoms with E-state index in [9.17, 15) is 13.0 Å². The van der Waals surface area contributed by atoms with Crippen LogP contribution in [0.2, 0.25) is 0 Å². The molecule has 9 nitrogen and oxygen atoms in total. The monoisotopic (exact) mass is 652 g/mol. The first-order chi connectivity index (χ1) is 21.7. The van der Waals surface area contributed by atoms with Crippen LogP contribution in [0.4, 0.5) is 5.69 Å². The highest BCUT2D eigenvalue weighted by molar-refractivity contribution is 7.92. The third-order valence-electron chi connectivity index (χ3n) is 6.65. The van der Waals surface area contributed by atoms with Crippen LogP contribution >= 0.6 is 7.37 Å². The first-order valence-electron chi connectivity index (χ1n) is 14.9. The van der Waals surface area contributed by atoms with Crippen molar-refractivity contribution in [1.29, 1.82) is 0 Å². The van der Waals surface area contributed by atoms with Gasteiger partial charge >= 0.3 is 0 Å². The van der Waals surface area contributed by atoms with Crippen molar-refractivity contribution in [1.82, 2.24) is 5.32 Å². The summed E-state index contributed by atoms with van der Waals surface area (Å²) in [6, 6.07) is 31.7. The summed E-state index contributed by atoms with van der Waals surface area (Å²) in [7, 11) is -6.60. The van der Waals surface area contributed by atoms with Crippen molar-refractivity contribution in [2.24, 2.45) is 0 Å². The summed E-state index contributed by atoms with van der Waals surface area (Å²) in [6.07, 6.45) is 2.70. The van der Waals surface area contributed by atoms with Gasteiger partial charge < -0.3 is 24.1 Å². The predicted octanol–water partition coefficient (Wildman–Crippen LogP) is 6.21. The van der Waals surface area contributed by atoms with E-state index in [0.29, 0.717) is 48.1 Å². The third-order valence-corrected chi connectivity index (χ3v) is 9.47. The topological polar surface area (TPSA) is 112 Å². The molecule has 4 rings (SSSR count). The van der Waals surface area contributed by atoms with Crippen LogP contribution in [0.5, 0.6) is 17.2 Å². The summed E-state index contributed by atoms with van der Waals surface area (Å²) >= 11 is 0. The lowest BCUT2D eigenvalue weighted by atomic mass is 10.1. The smallest absolute Gasteiger partial charge is 0.268 e. The van der Waals surface area contributed by atoms with Crippen LogP contribution in [0.1, 0.15) is 24.5 Å². The van der Waals surface area contributed by atoms with E-state index in [0.717, 1.165) is 43.3 Å². The molecule has 45 heavy (non-hydrogen) atoms. The van der Waals surface area contributed by atoms with Gasteiger partial charge in [0.25, 0.3) is 7.37 Å². The highest BCUT2D eigenvalue weighted by Crippen LogP contribution is 2.45. The van der Waals surface area contributed by atoms with E-state index in [1.165, 1.54) is 0 Å². The zero-order chi connectivity index (χ0) is 32.0. The minimum Gasteiger partial charge on any atom is -0.493 e. The van der Waals surface area contributed by atoms with E-state index < -0.39 is 17.4 Å². The molecule has 1 atom stereocenters. The van der Waals surface area contributed by atoms with Crippen LogP contribution in [0.15, 0.2) is 103 Å². The molecule has 0 saturated heterocycles. The van der Waals surface area contributed by atoms with Gasteiger partial charge in [0.2, 0.25) is 10.0 Å². The van der Waals surface area contributed by atoms with Crippen molar-refractivity contribution in [2.75, 3.05) is 43.6 Å². The average molecular weight is 653 g/mol. The molecular formula is C34H41N2O7PS. The Morgan fingerprint density at radius 2 is 1.44 bits per heavy atom. The van der Waals surface area contributed by atoms with E-state index in [-0.39, 0.29) is 6.35 Å². The molecule has 0 saturated carbocycles. The van der Waals surface area contributed by atoms with E-state index in [1.54, 1.807) is 30.3 Å². The van der Waals surface area contributed by atoms with Crippen molar-refractivity contribution in [3.63, 3.8) is 0 Å². The molecule has 4 aromatic carbocycles. The zero-order valence-corrected chi connectivity index (χ0v) is 27.4. The van der Waals surface area contributed by atoms with E-state index in [1.807, 2.05) is 79.7 Å². The largest absolute Gasteiger partial charge is 0.493 e. The zero-order valence-electron chi connectivity index (χ0n) is 25.7.